The van der Waals surface area contributed by atoms with Crippen LogP contribution in [0.25, 0.3) is 0 Å². The minimum absolute atomic E-state index is 0.342. The molecule has 1 aromatic carbocycles. The zero-order chi connectivity index (χ0) is 11.9. The molecule has 0 N–H and O–H groups in total. The zero-order valence-electron chi connectivity index (χ0n) is 10.1. The Labute approximate surface area is 103 Å². The summed E-state index contributed by atoms with van der Waals surface area (Å²) < 4.78 is 0. The van der Waals surface area contributed by atoms with Gasteiger partial charge in [0, 0.05) is 12.8 Å². The maximum atomic E-state index is 11.0. The van der Waals surface area contributed by atoms with Crippen molar-refractivity contribution in [3.63, 3.8) is 0 Å². The van der Waals surface area contributed by atoms with Crippen molar-refractivity contribution in [2.24, 2.45) is 0 Å². The van der Waals surface area contributed by atoms with Crippen LogP contribution in [0.2, 0.25) is 0 Å². The van der Waals surface area contributed by atoms with E-state index in [1.807, 2.05) is 12.1 Å². The SMILES string of the molecule is O=C1CC=C(/C=C/CCCc2ccccc2)C1. The van der Waals surface area contributed by atoms with Gasteiger partial charge in [-0.05, 0) is 30.4 Å². The summed E-state index contributed by atoms with van der Waals surface area (Å²) in [6, 6.07) is 10.6. The average Bonchev–Trinajstić information content (AvgIpc) is 2.76. The lowest BCUT2D eigenvalue weighted by atomic mass is 10.1. The summed E-state index contributed by atoms with van der Waals surface area (Å²) in [6.45, 7) is 0. The summed E-state index contributed by atoms with van der Waals surface area (Å²) in [5.41, 5.74) is 2.59. The topological polar surface area (TPSA) is 17.1 Å². The van der Waals surface area contributed by atoms with Crippen molar-refractivity contribution >= 4 is 5.78 Å². The number of carbonyl (C=O) groups is 1. The Kier molecular flexibility index (Phi) is 4.31. The lowest BCUT2D eigenvalue weighted by Gasteiger charge is -1.98. The van der Waals surface area contributed by atoms with Gasteiger partial charge in [-0.1, -0.05) is 48.6 Å². The van der Waals surface area contributed by atoms with Crippen molar-refractivity contribution in [3.8, 4) is 0 Å². The molecule has 88 valence electrons. The molecular formula is C16H18O. The van der Waals surface area contributed by atoms with Crippen LogP contribution in [-0.2, 0) is 11.2 Å². The van der Waals surface area contributed by atoms with E-state index in [-0.39, 0.29) is 0 Å². The monoisotopic (exact) mass is 226 g/mol. The molecule has 0 radical (unpaired) electrons. The van der Waals surface area contributed by atoms with Crippen LogP contribution in [0, 0.1) is 0 Å². The second-order valence-corrected chi connectivity index (χ2v) is 4.48. The predicted molar refractivity (Wildman–Crippen MR) is 70.8 cm³/mol. The summed E-state index contributed by atoms with van der Waals surface area (Å²) in [6.07, 6.45) is 11.0. The third kappa shape index (κ3) is 4.03. The number of rotatable bonds is 5. The van der Waals surface area contributed by atoms with E-state index in [1.165, 1.54) is 17.6 Å². The summed E-state index contributed by atoms with van der Waals surface area (Å²) in [5, 5.41) is 0. The predicted octanol–water partition coefficient (Wildman–Crippen LogP) is 3.85. The van der Waals surface area contributed by atoms with Gasteiger partial charge in [0.1, 0.15) is 5.78 Å². The largest absolute Gasteiger partial charge is 0.299 e. The van der Waals surface area contributed by atoms with Crippen LogP contribution < -0.4 is 0 Å². The molecule has 0 spiro atoms. The first-order chi connectivity index (χ1) is 8.34. The highest BCUT2D eigenvalue weighted by Crippen LogP contribution is 2.16. The first kappa shape index (κ1) is 11.8. The number of carbonyl (C=O) groups excluding carboxylic acids is 1. The number of allylic oxidation sites excluding steroid dienone is 4. The highest BCUT2D eigenvalue weighted by molar-refractivity contribution is 5.86. The van der Waals surface area contributed by atoms with E-state index in [1.54, 1.807) is 0 Å². The smallest absolute Gasteiger partial charge is 0.141 e. The maximum absolute atomic E-state index is 11.0. The molecule has 0 aromatic heterocycles. The first-order valence-electron chi connectivity index (χ1n) is 6.26. The molecular weight excluding hydrogens is 208 g/mol. The maximum Gasteiger partial charge on any atom is 0.141 e. The molecule has 0 saturated heterocycles. The molecule has 0 atom stereocenters. The highest BCUT2D eigenvalue weighted by Gasteiger charge is 2.09. The van der Waals surface area contributed by atoms with Crippen LogP contribution in [-0.4, -0.2) is 5.78 Å². The van der Waals surface area contributed by atoms with Gasteiger partial charge in [-0.25, -0.2) is 0 Å². The Hall–Kier alpha value is -1.63. The van der Waals surface area contributed by atoms with Crippen molar-refractivity contribution < 1.29 is 4.79 Å². The van der Waals surface area contributed by atoms with Crippen molar-refractivity contribution in [2.45, 2.75) is 32.1 Å². The van der Waals surface area contributed by atoms with E-state index in [2.05, 4.69) is 36.4 Å². The molecule has 0 fully saturated rings. The number of Topliss-reactive ketones (excluding diaryl/α,β-unsaturated/α-hetero) is 1. The van der Waals surface area contributed by atoms with Gasteiger partial charge in [-0.2, -0.15) is 0 Å². The van der Waals surface area contributed by atoms with E-state index in [9.17, 15) is 4.79 Å². The third-order valence-corrected chi connectivity index (χ3v) is 3.00. The van der Waals surface area contributed by atoms with Crippen molar-refractivity contribution in [1.29, 1.82) is 0 Å². The summed E-state index contributed by atoms with van der Waals surface area (Å²) in [4.78, 5) is 11.0. The molecule has 1 nitrogen and oxygen atoms in total. The van der Waals surface area contributed by atoms with Crippen LogP contribution in [0.4, 0.5) is 0 Å². The lowest BCUT2D eigenvalue weighted by molar-refractivity contribution is -0.116. The van der Waals surface area contributed by atoms with Crippen LogP contribution in [0.3, 0.4) is 0 Å². The molecule has 1 aliphatic carbocycles. The Balaban J connectivity index is 1.67. The minimum Gasteiger partial charge on any atom is -0.299 e. The van der Waals surface area contributed by atoms with E-state index in [0.29, 0.717) is 18.6 Å². The van der Waals surface area contributed by atoms with Gasteiger partial charge in [-0.3, -0.25) is 4.79 Å². The number of aryl methyl sites for hydroxylation is 1. The molecule has 1 aromatic rings. The van der Waals surface area contributed by atoms with Crippen LogP contribution in [0.15, 0.2) is 54.1 Å². The fourth-order valence-electron chi connectivity index (χ4n) is 2.05. The quantitative estimate of drug-likeness (QED) is 0.697. The second-order valence-electron chi connectivity index (χ2n) is 4.48. The number of unbranched alkanes of at least 4 members (excludes halogenated alkanes) is 1. The number of hydrogen-bond acceptors (Lipinski definition) is 1. The molecule has 0 bridgehead atoms. The Morgan fingerprint density at radius 1 is 1.18 bits per heavy atom. The summed E-state index contributed by atoms with van der Waals surface area (Å²) in [7, 11) is 0. The van der Waals surface area contributed by atoms with E-state index < -0.39 is 0 Å². The number of ketones is 1. The van der Waals surface area contributed by atoms with Gasteiger partial charge in [0.2, 0.25) is 0 Å². The molecule has 0 saturated carbocycles. The molecule has 1 aliphatic rings. The Morgan fingerprint density at radius 3 is 2.71 bits per heavy atom. The molecule has 17 heavy (non-hydrogen) atoms. The molecule has 0 aliphatic heterocycles. The van der Waals surface area contributed by atoms with Crippen LogP contribution in [0.5, 0.6) is 0 Å². The molecule has 0 amide bonds. The average molecular weight is 226 g/mol. The van der Waals surface area contributed by atoms with Gasteiger partial charge in [0.05, 0.1) is 0 Å². The fraction of sp³-hybridized carbons (Fsp3) is 0.312. The Morgan fingerprint density at radius 2 is 2.00 bits per heavy atom. The van der Waals surface area contributed by atoms with Crippen molar-refractivity contribution in [3.05, 3.63) is 59.7 Å². The van der Waals surface area contributed by atoms with E-state index >= 15 is 0 Å². The molecule has 2 rings (SSSR count). The summed E-state index contributed by atoms with van der Waals surface area (Å²) >= 11 is 0. The van der Waals surface area contributed by atoms with E-state index in [4.69, 9.17) is 0 Å². The van der Waals surface area contributed by atoms with Gasteiger partial charge < -0.3 is 0 Å². The third-order valence-electron chi connectivity index (χ3n) is 3.00. The van der Waals surface area contributed by atoms with Gasteiger partial charge in [-0.15, -0.1) is 0 Å². The number of hydrogen-bond donors (Lipinski definition) is 0. The standard InChI is InChI=1S/C16H18O/c17-16-12-11-15(13-16)10-6-2-5-9-14-7-3-1-4-8-14/h1,3-4,6-8,10-11H,2,5,9,12-13H2/b10-6+. The zero-order valence-corrected chi connectivity index (χ0v) is 10.1. The van der Waals surface area contributed by atoms with Crippen LogP contribution >= 0.6 is 0 Å². The van der Waals surface area contributed by atoms with E-state index in [0.717, 1.165) is 12.8 Å². The molecule has 0 unspecified atom stereocenters. The summed E-state index contributed by atoms with van der Waals surface area (Å²) in [5.74, 6) is 0.342. The minimum atomic E-state index is 0.342. The van der Waals surface area contributed by atoms with Crippen LogP contribution in [0.1, 0.15) is 31.2 Å². The Bertz CT molecular complexity index is 426. The fourth-order valence-corrected chi connectivity index (χ4v) is 2.05. The molecule has 0 heterocycles. The van der Waals surface area contributed by atoms with Gasteiger partial charge >= 0.3 is 0 Å². The number of benzene rings is 1. The van der Waals surface area contributed by atoms with Crippen molar-refractivity contribution in [1.82, 2.24) is 0 Å². The van der Waals surface area contributed by atoms with Crippen molar-refractivity contribution in [2.75, 3.05) is 0 Å². The van der Waals surface area contributed by atoms with Gasteiger partial charge in [0.25, 0.3) is 0 Å². The second kappa shape index (κ2) is 6.19. The normalized spacial score (nSPS) is 15.5. The van der Waals surface area contributed by atoms with Gasteiger partial charge in [0.15, 0.2) is 0 Å². The first-order valence-corrected chi connectivity index (χ1v) is 6.26. The lowest BCUT2D eigenvalue weighted by Crippen LogP contribution is -1.86. The molecule has 1 heteroatoms. The highest BCUT2D eigenvalue weighted by atomic mass is 16.1.